The monoisotopic (exact) mass is 272 g/mol. The van der Waals surface area contributed by atoms with E-state index in [1.54, 1.807) is 0 Å². The molecule has 1 aromatic rings. The third-order valence-corrected chi connectivity index (χ3v) is 5.12. The molecular weight excluding hydrogens is 252 g/mol. The molecule has 2 atom stereocenters. The van der Waals surface area contributed by atoms with Gasteiger partial charge in [0.05, 0.1) is 6.04 Å². The second-order valence-electron chi connectivity index (χ2n) is 6.28. The summed E-state index contributed by atoms with van der Waals surface area (Å²) in [5, 5.41) is 6.56. The van der Waals surface area contributed by atoms with Gasteiger partial charge in [-0.25, -0.2) is 0 Å². The van der Waals surface area contributed by atoms with Crippen molar-refractivity contribution in [2.45, 2.75) is 25.3 Å². The Morgan fingerprint density at radius 1 is 1.30 bits per heavy atom. The first-order valence-corrected chi connectivity index (χ1v) is 7.51. The lowest BCUT2D eigenvalue weighted by Gasteiger charge is -2.23. The minimum atomic E-state index is 0.0260. The lowest BCUT2D eigenvalue weighted by Crippen LogP contribution is -2.35. The van der Waals surface area contributed by atoms with Crippen LogP contribution in [0.15, 0.2) is 24.3 Å². The van der Waals surface area contributed by atoms with E-state index in [9.17, 15) is 4.79 Å². The summed E-state index contributed by atoms with van der Waals surface area (Å²) in [4.78, 5) is 12.5. The summed E-state index contributed by atoms with van der Waals surface area (Å²) in [7, 11) is 0. The smallest absolute Gasteiger partial charge is 0.224 e. The normalized spacial score (nSPS) is 29.6. The Morgan fingerprint density at radius 3 is 2.95 bits per heavy atom. The summed E-state index contributed by atoms with van der Waals surface area (Å²) in [5.41, 5.74) is 1.41. The summed E-state index contributed by atoms with van der Waals surface area (Å²) in [6, 6.07) is 8.00. The molecule has 4 rings (SSSR count). The van der Waals surface area contributed by atoms with Crippen molar-refractivity contribution in [3.05, 3.63) is 29.8 Å². The molecule has 4 heteroatoms. The zero-order chi connectivity index (χ0) is 13.6. The molecule has 0 bridgehead atoms. The molecule has 2 aliphatic heterocycles. The van der Waals surface area contributed by atoms with Crippen molar-refractivity contribution in [2.24, 2.45) is 11.3 Å². The van der Waals surface area contributed by atoms with Crippen LogP contribution in [0.25, 0.3) is 0 Å². The largest absolute Gasteiger partial charge is 0.491 e. The lowest BCUT2D eigenvalue weighted by molar-refractivity contribution is -0.124. The maximum Gasteiger partial charge on any atom is 0.224 e. The van der Waals surface area contributed by atoms with Gasteiger partial charge in [-0.15, -0.1) is 0 Å². The Kier molecular flexibility index (Phi) is 2.74. The van der Waals surface area contributed by atoms with Gasteiger partial charge < -0.3 is 15.4 Å². The standard InChI is InChI=1S/C16H20N2O2/c19-15(12-9-16(12)5-7-17-8-6-16)18-13-10-20-14-4-2-1-3-11(13)14/h1-4,12-13,17H,5-10H2,(H,18,19). The zero-order valence-corrected chi connectivity index (χ0v) is 11.5. The van der Waals surface area contributed by atoms with Crippen molar-refractivity contribution >= 4 is 5.91 Å². The third-order valence-electron chi connectivity index (χ3n) is 5.12. The van der Waals surface area contributed by atoms with Crippen LogP contribution >= 0.6 is 0 Å². The molecule has 3 aliphatic rings. The molecule has 1 aliphatic carbocycles. The van der Waals surface area contributed by atoms with E-state index in [2.05, 4.69) is 10.6 Å². The first-order valence-electron chi connectivity index (χ1n) is 7.51. The molecule has 1 aromatic carbocycles. The highest BCUT2D eigenvalue weighted by Crippen LogP contribution is 2.58. The molecule has 1 saturated carbocycles. The van der Waals surface area contributed by atoms with E-state index in [0.717, 1.165) is 43.7 Å². The molecule has 2 fully saturated rings. The lowest BCUT2D eigenvalue weighted by atomic mass is 9.91. The van der Waals surface area contributed by atoms with Crippen LogP contribution in [-0.2, 0) is 4.79 Å². The van der Waals surface area contributed by atoms with Gasteiger partial charge in [-0.3, -0.25) is 4.79 Å². The van der Waals surface area contributed by atoms with E-state index < -0.39 is 0 Å². The number of hydrogen-bond donors (Lipinski definition) is 2. The average Bonchev–Trinajstić information content (AvgIpc) is 3.02. The quantitative estimate of drug-likeness (QED) is 0.860. The summed E-state index contributed by atoms with van der Waals surface area (Å²) < 4.78 is 5.62. The summed E-state index contributed by atoms with van der Waals surface area (Å²) in [6.07, 6.45) is 3.35. The fourth-order valence-electron chi connectivity index (χ4n) is 3.75. The van der Waals surface area contributed by atoms with Gasteiger partial charge in [0, 0.05) is 11.5 Å². The Balaban J connectivity index is 1.42. The number of ether oxygens (including phenoxy) is 1. The van der Waals surface area contributed by atoms with Gasteiger partial charge in [-0.05, 0) is 43.8 Å². The molecule has 2 N–H and O–H groups in total. The number of nitrogens with one attached hydrogen (secondary N) is 2. The fraction of sp³-hybridized carbons (Fsp3) is 0.562. The van der Waals surface area contributed by atoms with Crippen molar-refractivity contribution in [2.75, 3.05) is 19.7 Å². The Hall–Kier alpha value is -1.55. The molecule has 1 spiro atoms. The SMILES string of the molecule is O=C(NC1COc2ccccc21)C1CC12CCNCC2. The highest BCUT2D eigenvalue weighted by molar-refractivity contribution is 5.83. The molecule has 1 saturated heterocycles. The number of carbonyl (C=O) groups excluding carboxylic acids is 1. The van der Waals surface area contributed by atoms with Crippen LogP contribution < -0.4 is 15.4 Å². The van der Waals surface area contributed by atoms with Gasteiger partial charge in [0.15, 0.2) is 0 Å². The second kappa shape index (κ2) is 4.48. The number of piperidine rings is 1. The van der Waals surface area contributed by atoms with Gasteiger partial charge in [0.25, 0.3) is 0 Å². The van der Waals surface area contributed by atoms with Crippen LogP contribution in [0.1, 0.15) is 30.9 Å². The highest BCUT2D eigenvalue weighted by Gasteiger charge is 2.57. The van der Waals surface area contributed by atoms with Crippen LogP contribution in [0.2, 0.25) is 0 Å². The van der Waals surface area contributed by atoms with E-state index in [-0.39, 0.29) is 17.9 Å². The predicted octanol–water partition coefficient (Wildman–Crippen LogP) is 1.63. The van der Waals surface area contributed by atoms with Crippen LogP contribution in [0.5, 0.6) is 5.75 Å². The van der Waals surface area contributed by atoms with Crippen molar-refractivity contribution < 1.29 is 9.53 Å². The van der Waals surface area contributed by atoms with Gasteiger partial charge in [0.2, 0.25) is 5.91 Å². The first-order chi connectivity index (χ1) is 9.78. The molecule has 4 nitrogen and oxygen atoms in total. The van der Waals surface area contributed by atoms with Gasteiger partial charge >= 0.3 is 0 Å². The van der Waals surface area contributed by atoms with Gasteiger partial charge in [0.1, 0.15) is 12.4 Å². The molecule has 0 aromatic heterocycles. The van der Waals surface area contributed by atoms with E-state index >= 15 is 0 Å². The summed E-state index contributed by atoms with van der Waals surface area (Å²) in [6.45, 7) is 2.67. The first kappa shape index (κ1) is 12.2. The molecule has 2 unspecified atom stereocenters. The molecule has 0 radical (unpaired) electrons. The molecule has 20 heavy (non-hydrogen) atoms. The van der Waals surface area contributed by atoms with Crippen molar-refractivity contribution in [1.29, 1.82) is 0 Å². The Bertz CT molecular complexity index is 537. The molecular formula is C16H20N2O2. The van der Waals surface area contributed by atoms with Gasteiger partial charge in [-0.1, -0.05) is 18.2 Å². The Morgan fingerprint density at radius 2 is 2.10 bits per heavy atom. The van der Waals surface area contributed by atoms with E-state index in [1.165, 1.54) is 0 Å². The number of para-hydroxylation sites is 1. The van der Waals surface area contributed by atoms with E-state index in [0.29, 0.717) is 12.0 Å². The van der Waals surface area contributed by atoms with Crippen LogP contribution in [0, 0.1) is 11.3 Å². The predicted molar refractivity (Wildman–Crippen MR) is 75.5 cm³/mol. The molecule has 1 amide bonds. The number of amides is 1. The van der Waals surface area contributed by atoms with E-state index in [4.69, 9.17) is 4.74 Å². The number of benzene rings is 1. The average molecular weight is 272 g/mol. The number of rotatable bonds is 2. The fourth-order valence-corrected chi connectivity index (χ4v) is 3.75. The van der Waals surface area contributed by atoms with Crippen molar-refractivity contribution in [3.63, 3.8) is 0 Å². The summed E-state index contributed by atoms with van der Waals surface area (Å²) >= 11 is 0. The van der Waals surface area contributed by atoms with Crippen LogP contribution in [0.4, 0.5) is 0 Å². The second-order valence-corrected chi connectivity index (χ2v) is 6.28. The minimum absolute atomic E-state index is 0.0260. The summed E-state index contributed by atoms with van der Waals surface area (Å²) in [5.74, 6) is 1.35. The number of carbonyl (C=O) groups is 1. The van der Waals surface area contributed by atoms with Crippen molar-refractivity contribution in [3.8, 4) is 5.75 Å². The molecule has 106 valence electrons. The third kappa shape index (κ3) is 1.90. The molecule has 2 heterocycles. The minimum Gasteiger partial charge on any atom is -0.491 e. The number of fused-ring (bicyclic) bond motifs is 1. The van der Waals surface area contributed by atoms with Crippen LogP contribution in [-0.4, -0.2) is 25.6 Å². The zero-order valence-electron chi connectivity index (χ0n) is 11.5. The highest BCUT2D eigenvalue weighted by atomic mass is 16.5. The van der Waals surface area contributed by atoms with Crippen LogP contribution in [0.3, 0.4) is 0 Å². The van der Waals surface area contributed by atoms with E-state index in [1.807, 2.05) is 24.3 Å². The maximum atomic E-state index is 12.5. The van der Waals surface area contributed by atoms with Crippen molar-refractivity contribution in [1.82, 2.24) is 10.6 Å². The van der Waals surface area contributed by atoms with Gasteiger partial charge in [-0.2, -0.15) is 0 Å². The Labute approximate surface area is 118 Å². The number of hydrogen-bond acceptors (Lipinski definition) is 3. The maximum absolute atomic E-state index is 12.5. The topological polar surface area (TPSA) is 50.4 Å².